The molecule has 2 aliphatic heterocycles. The van der Waals surface area contributed by atoms with Crippen LogP contribution in [0.2, 0.25) is 0 Å². The SMILES string of the molecule is Cc1cc(C)nc(CCN2C(=O)C[C@H]3[C@@H]2CCN3C(=O)Cc2ccc(O)cc2)n1. The van der Waals surface area contributed by atoms with Crippen LogP contribution in [0.15, 0.2) is 30.3 Å². The van der Waals surface area contributed by atoms with Gasteiger partial charge in [-0.3, -0.25) is 9.59 Å². The van der Waals surface area contributed by atoms with Gasteiger partial charge in [0.15, 0.2) is 0 Å². The quantitative estimate of drug-likeness (QED) is 0.836. The number of amides is 2. The molecule has 2 atom stereocenters. The molecule has 2 fully saturated rings. The van der Waals surface area contributed by atoms with Crippen LogP contribution in [0.5, 0.6) is 5.75 Å². The fraction of sp³-hybridized carbons (Fsp3) is 0.455. The number of rotatable bonds is 5. The summed E-state index contributed by atoms with van der Waals surface area (Å²) in [6.45, 7) is 5.16. The zero-order valence-corrected chi connectivity index (χ0v) is 16.8. The van der Waals surface area contributed by atoms with Crippen LogP contribution in [-0.4, -0.2) is 61.9 Å². The van der Waals surface area contributed by atoms with Crippen LogP contribution in [0.25, 0.3) is 0 Å². The highest BCUT2D eigenvalue weighted by Gasteiger charge is 2.47. The predicted molar refractivity (Wildman–Crippen MR) is 107 cm³/mol. The number of carbonyl (C=O) groups excluding carboxylic acids is 2. The molecule has 2 saturated heterocycles. The topological polar surface area (TPSA) is 86.6 Å². The van der Waals surface area contributed by atoms with Crippen molar-refractivity contribution in [3.63, 3.8) is 0 Å². The van der Waals surface area contributed by atoms with Gasteiger partial charge in [-0.1, -0.05) is 12.1 Å². The van der Waals surface area contributed by atoms with Crippen LogP contribution in [-0.2, 0) is 22.4 Å². The third-order valence-corrected chi connectivity index (χ3v) is 5.83. The highest BCUT2D eigenvalue weighted by Crippen LogP contribution is 2.33. The number of aromatic hydroxyl groups is 1. The Kier molecular flexibility index (Phi) is 5.22. The van der Waals surface area contributed by atoms with Crippen molar-refractivity contribution in [1.82, 2.24) is 19.8 Å². The van der Waals surface area contributed by atoms with Crippen molar-refractivity contribution in [3.05, 3.63) is 53.1 Å². The van der Waals surface area contributed by atoms with E-state index in [2.05, 4.69) is 9.97 Å². The Morgan fingerprint density at radius 3 is 2.52 bits per heavy atom. The smallest absolute Gasteiger partial charge is 0.227 e. The number of fused-ring (bicyclic) bond motifs is 1. The normalized spacial score (nSPS) is 21.0. The lowest BCUT2D eigenvalue weighted by Gasteiger charge is -2.25. The molecule has 2 aromatic rings. The Labute approximate surface area is 170 Å². The Hall–Kier alpha value is -2.96. The molecule has 29 heavy (non-hydrogen) atoms. The van der Waals surface area contributed by atoms with Gasteiger partial charge < -0.3 is 14.9 Å². The number of benzene rings is 1. The summed E-state index contributed by atoms with van der Waals surface area (Å²) in [6.07, 6.45) is 2.11. The summed E-state index contributed by atoms with van der Waals surface area (Å²) < 4.78 is 0. The van der Waals surface area contributed by atoms with Crippen LogP contribution in [0.4, 0.5) is 0 Å². The molecular weight excluding hydrogens is 368 g/mol. The number of aromatic nitrogens is 2. The van der Waals surface area contributed by atoms with Gasteiger partial charge in [-0.2, -0.15) is 0 Å². The van der Waals surface area contributed by atoms with Crippen molar-refractivity contribution in [3.8, 4) is 5.75 Å². The molecule has 2 aliphatic rings. The summed E-state index contributed by atoms with van der Waals surface area (Å²) in [4.78, 5) is 38.2. The van der Waals surface area contributed by atoms with Gasteiger partial charge in [0.05, 0.1) is 18.5 Å². The first-order valence-electron chi connectivity index (χ1n) is 10.1. The summed E-state index contributed by atoms with van der Waals surface area (Å²) in [5.41, 5.74) is 2.74. The lowest BCUT2D eigenvalue weighted by Crippen LogP contribution is -2.41. The molecule has 0 bridgehead atoms. The van der Waals surface area contributed by atoms with E-state index in [4.69, 9.17) is 0 Å². The largest absolute Gasteiger partial charge is 0.508 e. The standard InChI is InChI=1S/C22H26N4O3/c1-14-11-15(2)24-20(23-14)8-10-25-18-7-9-26(19(18)13-22(25)29)21(28)12-16-3-5-17(27)6-4-16/h3-6,11,18-19,27H,7-10,12-13H2,1-2H3/t18-,19-/m0/s1. The van der Waals surface area contributed by atoms with E-state index in [9.17, 15) is 14.7 Å². The molecule has 1 aromatic heterocycles. The van der Waals surface area contributed by atoms with Crippen molar-refractivity contribution in [2.24, 2.45) is 0 Å². The van der Waals surface area contributed by atoms with Crippen LogP contribution < -0.4 is 0 Å². The fourth-order valence-corrected chi connectivity index (χ4v) is 4.55. The maximum Gasteiger partial charge on any atom is 0.227 e. The predicted octanol–water partition coefficient (Wildman–Crippen LogP) is 1.79. The highest BCUT2D eigenvalue weighted by atomic mass is 16.3. The molecule has 0 radical (unpaired) electrons. The summed E-state index contributed by atoms with van der Waals surface area (Å²) in [5, 5.41) is 9.40. The molecule has 3 heterocycles. The third-order valence-electron chi connectivity index (χ3n) is 5.83. The average Bonchev–Trinajstić information content (AvgIpc) is 3.19. The first kappa shape index (κ1) is 19.4. The van der Waals surface area contributed by atoms with E-state index in [0.29, 0.717) is 25.9 Å². The second kappa shape index (κ2) is 7.81. The molecule has 2 amide bonds. The van der Waals surface area contributed by atoms with Crippen molar-refractivity contribution in [1.29, 1.82) is 0 Å². The van der Waals surface area contributed by atoms with Gasteiger partial charge in [-0.15, -0.1) is 0 Å². The Bertz CT molecular complexity index is 908. The lowest BCUT2D eigenvalue weighted by molar-refractivity contribution is -0.131. The number of hydrogen-bond donors (Lipinski definition) is 1. The Balaban J connectivity index is 1.39. The summed E-state index contributed by atoms with van der Waals surface area (Å²) in [5.74, 6) is 1.09. The van der Waals surface area contributed by atoms with E-state index in [0.717, 1.165) is 29.2 Å². The molecule has 4 rings (SSSR count). The highest BCUT2D eigenvalue weighted by molar-refractivity contribution is 5.84. The van der Waals surface area contributed by atoms with Gasteiger partial charge in [0, 0.05) is 37.3 Å². The molecule has 152 valence electrons. The Morgan fingerprint density at radius 2 is 1.83 bits per heavy atom. The zero-order chi connectivity index (χ0) is 20.5. The van der Waals surface area contributed by atoms with Crippen molar-refractivity contribution < 1.29 is 14.7 Å². The fourth-order valence-electron chi connectivity index (χ4n) is 4.55. The van der Waals surface area contributed by atoms with Gasteiger partial charge >= 0.3 is 0 Å². The van der Waals surface area contributed by atoms with Crippen LogP contribution in [0.1, 0.15) is 35.6 Å². The number of nitrogens with zero attached hydrogens (tertiary/aromatic N) is 4. The van der Waals surface area contributed by atoms with E-state index in [1.165, 1.54) is 0 Å². The Morgan fingerprint density at radius 1 is 1.14 bits per heavy atom. The monoisotopic (exact) mass is 394 g/mol. The average molecular weight is 394 g/mol. The minimum Gasteiger partial charge on any atom is -0.508 e. The van der Waals surface area contributed by atoms with Gasteiger partial charge in [0.25, 0.3) is 0 Å². The molecule has 0 unspecified atom stereocenters. The molecule has 0 spiro atoms. The number of aryl methyl sites for hydroxylation is 2. The molecule has 7 nitrogen and oxygen atoms in total. The number of likely N-dealkylation sites (tertiary alicyclic amines) is 2. The number of phenols is 1. The summed E-state index contributed by atoms with van der Waals surface area (Å²) >= 11 is 0. The van der Waals surface area contributed by atoms with Crippen LogP contribution in [0.3, 0.4) is 0 Å². The summed E-state index contributed by atoms with van der Waals surface area (Å²) in [6, 6.07) is 8.67. The van der Waals surface area contributed by atoms with Crippen LogP contribution in [0, 0.1) is 13.8 Å². The van der Waals surface area contributed by atoms with E-state index in [1.807, 2.05) is 29.7 Å². The lowest BCUT2D eigenvalue weighted by atomic mass is 10.1. The van der Waals surface area contributed by atoms with Gasteiger partial charge in [-0.05, 0) is 44.0 Å². The second-order valence-corrected chi connectivity index (χ2v) is 7.96. The minimum absolute atomic E-state index is 0.0375. The van der Waals surface area contributed by atoms with Crippen molar-refractivity contribution in [2.45, 2.75) is 51.6 Å². The first-order valence-corrected chi connectivity index (χ1v) is 10.1. The maximum absolute atomic E-state index is 12.8. The van der Waals surface area contributed by atoms with Crippen molar-refractivity contribution >= 4 is 11.8 Å². The van der Waals surface area contributed by atoms with Gasteiger partial charge in [-0.25, -0.2) is 9.97 Å². The maximum atomic E-state index is 12.8. The van der Waals surface area contributed by atoms with E-state index < -0.39 is 0 Å². The number of hydrogen-bond acceptors (Lipinski definition) is 5. The number of carbonyl (C=O) groups is 2. The van der Waals surface area contributed by atoms with E-state index in [-0.39, 0.29) is 36.1 Å². The molecule has 7 heteroatoms. The number of phenolic OH excluding ortho intramolecular Hbond substituents is 1. The van der Waals surface area contributed by atoms with E-state index in [1.54, 1.807) is 24.3 Å². The molecule has 0 saturated carbocycles. The van der Waals surface area contributed by atoms with E-state index >= 15 is 0 Å². The third kappa shape index (κ3) is 4.09. The minimum atomic E-state index is -0.0488. The van der Waals surface area contributed by atoms with Crippen LogP contribution >= 0.6 is 0 Å². The zero-order valence-electron chi connectivity index (χ0n) is 16.8. The first-order chi connectivity index (χ1) is 13.9. The molecule has 1 aromatic carbocycles. The second-order valence-electron chi connectivity index (χ2n) is 7.96. The summed E-state index contributed by atoms with van der Waals surface area (Å²) in [7, 11) is 0. The van der Waals surface area contributed by atoms with Crippen molar-refractivity contribution in [2.75, 3.05) is 13.1 Å². The van der Waals surface area contributed by atoms with Gasteiger partial charge in [0.2, 0.25) is 11.8 Å². The van der Waals surface area contributed by atoms with Gasteiger partial charge in [0.1, 0.15) is 11.6 Å². The molecule has 1 N–H and O–H groups in total. The molecule has 0 aliphatic carbocycles. The molecular formula is C22H26N4O3.